The molecular weight excluding hydrogens is 182 g/mol. The van der Waals surface area contributed by atoms with Gasteiger partial charge in [0.2, 0.25) is 0 Å². The predicted molar refractivity (Wildman–Crippen MR) is 67.1 cm³/mol. The number of hydrogen-bond acceptors (Lipinski definition) is 1. The molecule has 1 nitrogen and oxygen atoms in total. The topological polar surface area (TPSA) is 26.0 Å². The molecule has 0 aliphatic heterocycles. The Morgan fingerprint density at radius 3 is 2.60 bits per heavy atom. The molecule has 0 saturated carbocycles. The highest BCUT2D eigenvalue weighted by Gasteiger charge is 2.05. The van der Waals surface area contributed by atoms with Crippen molar-refractivity contribution in [3.63, 3.8) is 0 Å². The summed E-state index contributed by atoms with van der Waals surface area (Å²) >= 11 is 0. The molecule has 0 aliphatic carbocycles. The van der Waals surface area contributed by atoms with Crippen molar-refractivity contribution in [3.8, 4) is 0 Å². The summed E-state index contributed by atoms with van der Waals surface area (Å²) < 4.78 is 0. The highest BCUT2D eigenvalue weighted by atomic mass is 14.6. The molecule has 0 amide bonds. The molecule has 1 heteroatoms. The van der Waals surface area contributed by atoms with E-state index >= 15 is 0 Å². The van der Waals surface area contributed by atoms with E-state index in [1.165, 1.54) is 29.5 Å². The second kappa shape index (κ2) is 5.92. The Kier molecular flexibility index (Phi) is 4.83. The number of benzene rings is 1. The van der Waals surface area contributed by atoms with Crippen LogP contribution < -0.4 is 5.73 Å². The molecule has 1 aromatic carbocycles. The zero-order valence-electron chi connectivity index (χ0n) is 10.2. The van der Waals surface area contributed by atoms with Gasteiger partial charge in [0.15, 0.2) is 0 Å². The molecule has 0 radical (unpaired) electrons. The Hall–Kier alpha value is -0.820. The van der Waals surface area contributed by atoms with Crippen molar-refractivity contribution in [2.45, 2.75) is 52.5 Å². The molecular formula is C14H23N. The van der Waals surface area contributed by atoms with Crippen LogP contribution in [0.2, 0.25) is 0 Å². The van der Waals surface area contributed by atoms with Gasteiger partial charge < -0.3 is 5.73 Å². The Labute approximate surface area is 93.7 Å². The Morgan fingerprint density at radius 1 is 1.27 bits per heavy atom. The first-order valence-electron chi connectivity index (χ1n) is 5.95. The minimum absolute atomic E-state index is 0.325. The van der Waals surface area contributed by atoms with Gasteiger partial charge in [0.25, 0.3) is 0 Å². The van der Waals surface area contributed by atoms with E-state index in [2.05, 4.69) is 39.0 Å². The maximum absolute atomic E-state index is 6.10. The van der Waals surface area contributed by atoms with Crippen molar-refractivity contribution >= 4 is 0 Å². The van der Waals surface area contributed by atoms with Crippen LogP contribution >= 0.6 is 0 Å². The third kappa shape index (κ3) is 4.05. The number of unbranched alkanes of at least 4 members (excludes halogenated alkanes) is 1. The van der Waals surface area contributed by atoms with Gasteiger partial charge in [-0.15, -0.1) is 0 Å². The number of hydrogen-bond donors (Lipinski definition) is 1. The van der Waals surface area contributed by atoms with E-state index in [-0.39, 0.29) is 0 Å². The van der Waals surface area contributed by atoms with Crippen molar-refractivity contribution in [3.05, 3.63) is 34.9 Å². The lowest BCUT2D eigenvalue weighted by Crippen LogP contribution is -2.22. The zero-order chi connectivity index (χ0) is 11.3. The van der Waals surface area contributed by atoms with Crippen LogP contribution in [-0.4, -0.2) is 6.04 Å². The molecule has 0 aliphatic rings. The van der Waals surface area contributed by atoms with E-state index < -0.39 is 0 Å². The summed E-state index contributed by atoms with van der Waals surface area (Å²) in [5.74, 6) is 0. The van der Waals surface area contributed by atoms with E-state index in [0.717, 1.165) is 12.8 Å². The summed E-state index contributed by atoms with van der Waals surface area (Å²) in [7, 11) is 0. The molecule has 1 unspecified atom stereocenters. The van der Waals surface area contributed by atoms with Gasteiger partial charge in [0.05, 0.1) is 0 Å². The molecule has 15 heavy (non-hydrogen) atoms. The van der Waals surface area contributed by atoms with E-state index in [1.807, 2.05) is 0 Å². The Balaban J connectivity index is 2.56. The average molecular weight is 205 g/mol. The predicted octanol–water partition coefficient (Wildman–Crippen LogP) is 3.36. The fraction of sp³-hybridized carbons (Fsp3) is 0.571. The van der Waals surface area contributed by atoms with Crippen LogP contribution in [-0.2, 0) is 6.42 Å². The summed E-state index contributed by atoms with van der Waals surface area (Å²) in [6, 6.07) is 6.96. The summed E-state index contributed by atoms with van der Waals surface area (Å²) in [6.07, 6.45) is 4.64. The van der Waals surface area contributed by atoms with Gasteiger partial charge in [0.1, 0.15) is 0 Å². The largest absolute Gasteiger partial charge is 0.327 e. The van der Waals surface area contributed by atoms with Gasteiger partial charge in [-0.25, -0.2) is 0 Å². The quantitative estimate of drug-likeness (QED) is 0.783. The lowest BCUT2D eigenvalue weighted by atomic mass is 9.97. The molecule has 0 spiro atoms. The van der Waals surface area contributed by atoms with Crippen molar-refractivity contribution in [2.24, 2.45) is 5.73 Å². The van der Waals surface area contributed by atoms with Crippen molar-refractivity contribution < 1.29 is 0 Å². The van der Waals surface area contributed by atoms with Gasteiger partial charge >= 0.3 is 0 Å². The summed E-state index contributed by atoms with van der Waals surface area (Å²) in [5.41, 5.74) is 10.2. The Bertz CT molecular complexity index is 304. The van der Waals surface area contributed by atoms with E-state index in [0.29, 0.717) is 6.04 Å². The molecule has 0 heterocycles. The molecule has 2 N–H and O–H groups in total. The monoisotopic (exact) mass is 205 g/mol. The molecule has 0 fully saturated rings. The zero-order valence-corrected chi connectivity index (χ0v) is 10.2. The van der Waals surface area contributed by atoms with E-state index in [9.17, 15) is 0 Å². The molecule has 0 bridgehead atoms. The van der Waals surface area contributed by atoms with Crippen LogP contribution in [0.1, 0.15) is 42.9 Å². The Morgan fingerprint density at radius 2 is 2.00 bits per heavy atom. The van der Waals surface area contributed by atoms with Crippen LogP contribution in [0.3, 0.4) is 0 Å². The molecule has 0 saturated heterocycles. The first kappa shape index (κ1) is 12.3. The van der Waals surface area contributed by atoms with Gasteiger partial charge in [-0.2, -0.15) is 0 Å². The van der Waals surface area contributed by atoms with E-state index in [4.69, 9.17) is 5.73 Å². The number of aryl methyl sites for hydroxylation is 2. The minimum Gasteiger partial charge on any atom is -0.327 e. The SMILES string of the molecule is CCCCC(N)Cc1ccc(C)cc1C. The molecule has 1 aromatic rings. The van der Waals surface area contributed by atoms with Crippen molar-refractivity contribution in [1.82, 2.24) is 0 Å². The fourth-order valence-electron chi connectivity index (χ4n) is 1.93. The lowest BCUT2D eigenvalue weighted by Gasteiger charge is -2.13. The number of nitrogens with two attached hydrogens (primary N) is 1. The summed E-state index contributed by atoms with van der Waals surface area (Å²) in [5, 5.41) is 0. The molecule has 1 atom stereocenters. The maximum Gasteiger partial charge on any atom is 0.00794 e. The second-order valence-electron chi connectivity index (χ2n) is 4.54. The van der Waals surface area contributed by atoms with Gasteiger partial charge in [-0.1, -0.05) is 43.5 Å². The highest BCUT2D eigenvalue weighted by Crippen LogP contribution is 2.13. The second-order valence-corrected chi connectivity index (χ2v) is 4.54. The van der Waals surface area contributed by atoms with Crippen LogP contribution in [0.4, 0.5) is 0 Å². The highest BCUT2D eigenvalue weighted by molar-refractivity contribution is 5.30. The molecule has 0 aromatic heterocycles. The maximum atomic E-state index is 6.10. The van der Waals surface area contributed by atoms with E-state index in [1.54, 1.807) is 0 Å². The normalized spacial score (nSPS) is 12.8. The van der Waals surface area contributed by atoms with Crippen molar-refractivity contribution in [1.29, 1.82) is 0 Å². The lowest BCUT2D eigenvalue weighted by molar-refractivity contribution is 0.573. The standard InChI is InChI=1S/C14H23N/c1-4-5-6-14(15)10-13-8-7-11(2)9-12(13)3/h7-9,14H,4-6,10,15H2,1-3H3. The first-order chi connectivity index (χ1) is 7.13. The van der Waals surface area contributed by atoms with Crippen LogP contribution in [0.5, 0.6) is 0 Å². The van der Waals surface area contributed by atoms with Gasteiger partial charge in [-0.3, -0.25) is 0 Å². The smallest absolute Gasteiger partial charge is 0.00794 e. The van der Waals surface area contributed by atoms with Crippen LogP contribution in [0.15, 0.2) is 18.2 Å². The third-order valence-corrected chi connectivity index (χ3v) is 2.91. The average Bonchev–Trinajstić information content (AvgIpc) is 2.19. The van der Waals surface area contributed by atoms with Crippen LogP contribution in [0.25, 0.3) is 0 Å². The first-order valence-corrected chi connectivity index (χ1v) is 5.95. The third-order valence-electron chi connectivity index (χ3n) is 2.91. The summed E-state index contributed by atoms with van der Waals surface area (Å²) in [4.78, 5) is 0. The molecule has 1 rings (SSSR count). The number of rotatable bonds is 5. The minimum atomic E-state index is 0.325. The molecule has 84 valence electrons. The van der Waals surface area contributed by atoms with Crippen LogP contribution in [0, 0.1) is 13.8 Å². The van der Waals surface area contributed by atoms with Gasteiger partial charge in [-0.05, 0) is 37.8 Å². The summed E-state index contributed by atoms with van der Waals surface area (Å²) in [6.45, 7) is 6.52. The fourth-order valence-corrected chi connectivity index (χ4v) is 1.93. The van der Waals surface area contributed by atoms with Crippen molar-refractivity contribution in [2.75, 3.05) is 0 Å². The van der Waals surface area contributed by atoms with Gasteiger partial charge in [0, 0.05) is 6.04 Å².